The second-order valence-electron chi connectivity index (χ2n) is 4.79. The molecule has 1 aromatic carbocycles. The lowest BCUT2D eigenvalue weighted by molar-refractivity contribution is -0.137. The Hall–Kier alpha value is -1.03. The molecule has 0 bridgehead atoms. The van der Waals surface area contributed by atoms with Crippen LogP contribution in [-0.4, -0.2) is 13.1 Å². The number of halogens is 3. The van der Waals surface area contributed by atoms with Gasteiger partial charge in [0.15, 0.2) is 0 Å². The fourth-order valence-corrected chi connectivity index (χ4v) is 2.03. The standard InChI is InChI=1S/C12H14F3N/c1-11(7-16-8-11)6-9-3-2-4-10(5-9)12(13,14)15/h2-5,16H,6-8H2,1H3. The van der Waals surface area contributed by atoms with E-state index in [-0.39, 0.29) is 5.41 Å². The molecule has 0 radical (unpaired) electrons. The summed E-state index contributed by atoms with van der Waals surface area (Å²) in [6.45, 7) is 3.84. The van der Waals surface area contributed by atoms with E-state index in [0.717, 1.165) is 24.7 Å². The average Bonchev–Trinajstić information content (AvgIpc) is 2.14. The predicted molar refractivity (Wildman–Crippen MR) is 56.1 cm³/mol. The largest absolute Gasteiger partial charge is 0.416 e. The highest BCUT2D eigenvalue weighted by Crippen LogP contribution is 2.32. The van der Waals surface area contributed by atoms with Gasteiger partial charge in [0.1, 0.15) is 0 Å². The van der Waals surface area contributed by atoms with Gasteiger partial charge in [0.05, 0.1) is 5.56 Å². The zero-order chi connectivity index (χ0) is 11.8. The van der Waals surface area contributed by atoms with Gasteiger partial charge in [0, 0.05) is 13.1 Å². The monoisotopic (exact) mass is 229 g/mol. The molecule has 0 aromatic heterocycles. The second kappa shape index (κ2) is 3.77. The molecular formula is C12H14F3N. The molecule has 4 heteroatoms. The molecule has 16 heavy (non-hydrogen) atoms. The Labute approximate surface area is 92.7 Å². The molecule has 0 aliphatic carbocycles. The van der Waals surface area contributed by atoms with Crippen LogP contribution in [0.4, 0.5) is 13.2 Å². The summed E-state index contributed by atoms with van der Waals surface area (Å²) in [7, 11) is 0. The topological polar surface area (TPSA) is 12.0 Å². The molecule has 0 atom stereocenters. The summed E-state index contributed by atoms with van der Waals surface area (Å²) in [5.41, 5.74) is 0.323. The lowest BCUT2D eigenvalue weighted by atomic mass is 9.78. The molecule has 1 fully saturated rings. The summed E-state index contributed by atoms with van der Waals surface area (Å²) in [6.07, 6.45) is -3.54. The lowest BCUT2D eigenvalue weighted by Crippen LogP contribution is -2.52. The zero-order valence-corrected chi connectivity index (χ0v) is 9.06. The fourth-order valence-electron chi connectivity index (χ4n) is 2.03. The summed E-state index contributed by atoms with van der Waals surface area (Å²) in [6, 6.07) is 5.61. The third-order valence-electron chi connectivity index (χ3n) is 2.99. The molecule has 0 saturated carbocycles. The van der Waals surface area contributed by atoms with Crippen molar-refractivity contribution in [1.82, 2.24) is 5.32 Å². The van der Waals surface area contributed by atoms with E-state index in [4.69, 9.17) is 0 Å². The van der Waals surface area contributed by atoms with Crippen LogP contribution in [0.1, 0.15) is 18.1 Å². The van der Waals surface area contributed by atoms with E-state index in [2.05, 4.69) is 12.2 Å². The number of benzene rings is 1. The highest BCUT2D eigenvalue weighted by Gasteiger charge is 2.33. The van der Waals surface area contributed by atoms with Gasteiger partial charge >= 0.3 is 6.18 Å². The van der Waals surface area contributed by atoms with Gasteiger partial charge in [0.2, 0.25) is 0 Å². The zero-order valence-electron chi connectivity index (χ0n) is 9.06. The molecule has 1 saturated heterocycles. The smallest absolute Gasteiger partial charge is 0.316 e. The van der Waals surface area contributed by atoms with Crippen LogP contribution in [-0.2, 0) is 12.6 Å². The van der Waals surface area contributed by atoms with Crippen LogP contribution in [0.15, 0.2) is 24.3 Å². The Morgan fingerprint density at radius 2 is 2.00 bits per heavy atom. The molecule has 1 aliphatic heterocycles. The van der Waals surface area contributed by atoms with Crippen molar-refractivity contribution >= 4 is 0 Å². The van der Waals surface area contributed by atoms with Crippen LogP contribution < -0.4 is 5.32 Å². The van der Waals surface area contributed by atoms with Gasteiger partial charge in [-0.15, -0.1) is 0 Å². The van der Waals surface area contributed by atoms with Crippen LogP contribution in [0.3, 0.4) is 0 Å². The number of nitrogens with one attached hydrogen (secondary N) is 1. The van der Waals surface area contributed by atoms with Crippen molar-refractivity contribution in [3.63, 3.8) is 0 Å². The summed E-state index contributed by atoms with van der Waals surface area (Å²) < 4.78 is 37.5. The maximum atomic E-state index is 12.5. The molecule has 1 N–H and O–H groups in total. The number of rotatable bonds is 2. The molecule has 1 aromatic rings. The second-order valence-corrected chi connectivity index (χ2v) is 4.79. The average molecular weight is 229 g/mol. The van der Waals surface area contributed by atoms with Gasteiger partial charge in [-0.25, -0.2) is 0 Å². The van der Waals surface area contributed by atoms with Crippen LogP contribution in [0.25, 0.3) is 0 Å². The van der Waals surface area contributed by atoms with Gasteiger partial charge in [0.25, 0.3) is 0 Å². The van der Waals surface area contributed by atoms with Gasteiger partial charge in [-0.2, -0.15) is 13.2 Å². The summed E-state index contributed by atoms with van der Waals surface area (Å²) in [5, 5.41) is 3.14. The molecule has 0 amide bonds. The number of hydrogen-bond donors (Lipinski definition) is 1. The Morgan fingerprint density at radius 1 is 1.31 bits per heavy atom. The molecular weight excluding hydrogens is 215 g/mol. The fraction of sp³-hybridized carbons (Fsp3) is 0.500. The quantitative estimate of drug-likeness (QED) is 0.822. The summed E-state index contributed by atoms with van der Waals surface area (Å²) in [4.78, 5) is 0. The van der Waals surface area contributed by atoms with Crippen LogP contribution in [0.2, 0.25) is 0 Å². The van der Waals surface area contributed by atoms with E-state index in [1.807, 2.05) is 0 Å². The van der Waals surface area contributed by atoms with E-state index in [1.54, 1.807) is 6.07 Å². The first-order valence-corrected chi connectivity index (χ1v) is 5.26. The maximum absolute atomic E-state index is 12.5. The summed E-state index contributed by atoms with van der Waals surface area (Å²) >= 11 is 0. The first kappa shape index (κ1) is 11.5. The maximum Gasteiger partial charge on any atom is 0.416 e. The highest BCUT2D eigenvalue weighted by molar-refractivity contribution is 5.27. The van der Waals surface area contributed by atoms with Crippen molar-refractivity contribution in [3.05, 3.63) is 35.4 Å². The van der Waals surface area contributed by atoms with E-state index >= 15 is 0 Å². The minimum absolute atomic E-state index is 0.115. The molecule has 1 nitrogen and oxygen atoms in total. The van der Waals surface area contributed by atoms with E-state index in [9.17, 15) is 13.2 Å². The van der Waals surface area contributed by atoms with E-state index in [0.29, 0.717) is 6.42 Å². The van der Waals surface area contributed by atoms with Crippen molar-refractivity contribution < 1.29 is 13.2 Å². The van der Waals surface area contributed by atoms with Gasteiger partial charge in [-0.05, 0) is 23.5 Å². The van der Waals surface area contributed by atoms with E-state index < -0.39 is 11.7 Å². The van der Waals surface area contributed by atoms with Gasteiger partial charge < -0.3 is 5.32 Å². The third-order valence-corrected chi connectivity index (χ3v) is 2.99. The molecule has 2 rings (SSSR count). The molecule has 0 unspecified atom stereocenters. The lowest BCUT2D eigenvalue weighted by Gasteiger charge is -2.39. The first-order valence-electron chi connectivity index (χ1n) is 5.26. The van der Waals surface area contributed by atoms with Crippen molar-refractivity contribution in [1.29, 1.82) is 0 Å². The normalized spacial score (nSPS) is 19.2. The SMILES string of the molecule is CC1(Cc2cccc(C(F)(F)F)c2)CNC1. The molecule has 1 heterocycles. The van der Waals surface area contributed by atoms with Crippen LogP contribution in [0, 0.1) is 5.41 Å². The van der Waals surface area contributed by atoms with Gasteiger partial charge in [-0.3, -0.25) is 0 Å². The Morgan fingerprint density at radius 3 is 2.50 bits per heavy atom. The molecule has 1 aliphatic rings. The van der Waals surface area contributed by atoms with E-state index in [1.165, 1.54) is 12.1 Å². The van der Waals surface area contributed by atoms with Crippen molar-refractivity contribution in [2.45, 2.75) is 19.5 Å². The predicted octanol–water partition coefficient (Wildman–Crippen LogP) is 2.86. The van der Waals surface area contributed by atoms with Gasteiger partial charge in [-0.1, -0.05) is 25.1 Å². The molecule has 88 valence electrons. The van der Waals surface area contributed by atoms with Crippen molar-refractivity contribution in [3.8, 4) is 0 Å². The Balaban J connectivity index is 2.16. The number of alkyl halides is 3. The minimum Gasteiger partial charge on any atom is -0.316 e. The number of hydrogen-bond acceptors (Lipinski definition) is 1. The van der Waals surface area contributed by atoms with Crippen molar-refractivity contribution in [2.24, 2.45) is 5.41 Å². The minimum atomic E-state index is -4.24. The summed E-state index contributed by atoms with van der Waals surface area (Å²) in [5.74, 6) is 0. The molecule has 0 spiro atoms. The third kappa shape index (κ3) is 2.38. The highest BCUT2D eigenvalue weighted by atomic mass is 19.4. The van der Waals surface area contributed by atoms with Crippen molar-refractivity contribution in [2.75, 3.05) is 13.1 Å². The van der Waals surface area contributed by atoms with Crippen LogP contribution >= 0.6 is 0 Å². The Kier molecular flexibility index (Phi) is 2.70. The first-order chi connectivity index (χ1) is 7.39. The van der Waals surface area contributed by atoms with Crippen LogP contribution in [0.5, 0.6) is 0 Å². The Bertz CT molecular complexity index is 380.